The van der Waals surface area contributed by atoms with Gasteiger partial charge in [-0.1, -0.05) is 72.9 Å². The number of pyridine rings is 2. The molecule has 1 unspecified atom stereocenters. The van der Waals surface area contributed by atoms with Crippen LogP contribution in [0.1, 0.15) is 68.0 Å². The maximum absolute atomic E-state index is 12.8. The molecule has 11 nitrogen and oxygen atoms in total. The van der Waals surface area contributed by atoms with E-state index in [1.807, 2.05) is 36.5 Å². The Morgan fingerprint density at radius 3 is 2.02 bits per heavy atom. The van der Waals surface area contributed by atoms with E-state index in [9.17, 15) is 24.6 Å². The number of hydrogen-bond acceptors (Lipinski definition) is 11. The normalized spacial score (nSPS) is 11.7. The number of aromatic nitrogens is 4. The molecule has 6 rings (SSSR count). The highest BCUT2D eigenvalue weighted by Gasteiger charge is 2.17. The van der Waals surface area contributed by atoms with E-state index < -0.39 is 0 Å². The van der Waals surface area contributed by atoms with Crippen LogP contribution in [0.3, 0.4) is 0 Å². The number of benzene rings is 2. The third-order valence-corrected chi connectivity index (χ3v) is 10.1. The molecule has 0 aliphatic rings. The van der Waals surface area contributed by atoms with E-state index in [0.717, 1.165) is 51.7 Å². The summed E-state index contributed by atoms with van der Waals surface area (Å²) in [6.45, 7) is 4.55. The van der Waals surface area contributed by atoms with Gasteiger partial charge in [0.05, 0.1) is 22.9 Å². The van der Waals surface area contributed by atoms with Crippen LogP contribution in [0.15, 0.2) is 94.8 Å². The predicted octanol–water partition coefficient (Wildman–Crippen LogP) is 6.10. The van der Waals surface area contributed by atoms with Gasteiger partial charge in [0, 0.05) is 36.8 Å². The van der Waals surface area contributed by atoms with Crippen molar-refractivity contribution in [3.63, 3.8) is 0 Å². The first-order chi connectivity index (χ1) is 24.6. The van der Waals surface area contributed by atoms with Gasteiger partial charge in [0.15, 0.2) is 6.61 Å². The smallest absolute Gasteiger partial charge is 0.310 e. The zero-order valence-corrected chi connectivity index (χ0v) is 29.6. The van der Waals surface area contributed by atoms with Gasteiger partial charge in [-0.25, -0.2) is 0 Å². The van der Waals surface area contributed by atoms with Crippen LogP contribution in [0.4, 0.5) is 0 Å². The average molecular weight is 725 g/mol. The largest absolute Gasteiger partial charge is 0.494 e. The summed E-state index contributed by atoms with van der Waals surface area (Å²) in [5.74, 6) is 0.802. The average Bonchev–Trinajstić information content (AvgIpc) is 3.61. The molecule has 6 aromatic rings. The maximum Gasteiger partial charge on any atom is 0.310 e. The van der Waals surface area contributed by atoms with Crippen molar-refractivity contribution < 1.29 is 24.5 Å². The van der Waals surface area contributed by atoms with E-state index in [4.69, 9.17) is 9.47 Å². The lowest BCUT2D eigenvalue weighted by Gasteiger charge is -2.13. The molecule has 1 atom stereocenters. The lowest BCUT2D eigenvalue weighted by Crippen LogP contribution is -2.15. The minimum Gasteiger partial charge on any atom is -0.494 e. The van der Waals surface area contributed by atoms with Crippen molar-refractivity contribution >= 4 is 28.5 Å². The topological polar surface area (TPSA) is 157 Å². The molecule has 13 heteroatoms. The second-order valence-electron chi connectivity index (χ2n) is 12.0. The van der Waals surface area contributed by atoms with E-state index >= 15 is 0 Å². The predicted molar refractivity (Wildman–Crippen MR) is 196 cm³/mol. The Bertz CT molecular complexity index is 2200. The van der Waals surface area contributed by atoms with Crippen molar-refractivity contribution in [1.29, 1.82) is 0 Å². The number of Topliss-reactive ketones (excluding diaryl/α,β-unsaturated/α-hetero) is 1. The molecule has 262 valence electrons. The lowest BCUT2D eigenvalue weighted by molar-refractivity contribution is 0.0916. The number of aromatic hydroxyl groups is 2. The van der Waals surface area contributed by atoms with Crippen LogP contribution in [0.2, 0.25) is 0 Å². The van der Waals surface area contributed by atoms with Crippen LogP contribution >= 0.6 is 22.7 Å². The van der Waals surface area contributed by atoms with E-state index in [0.29, 0.717) is 40.5 Å². The zero-order chi connectivity index (χ0) is 35.9. The summed E-state index contributed by atoms with van der Waals surface area (Å²) in [7, 11) is 0. The molecule has 3 N–H and O–H groups in total. The van der Waals surface area contributed by atoms with Crippen LogP contribution in [0.5, 0.6) is 23.3 Å². The van der Waals surface area contributed by atoms with Crippen molar-refractivity contribution in [3.8, 4) is 23.3 Å². The molecule has 0 saturated carbocycles. The molecular weight excluding hydrogens is 689 g/mol. The first kappa shape index (κ1) is 35.3. The van der Waals surface area contributed by atoms with Gasteiger partial charge in [0.2, 0.25) is 17.5 Å². The number of nitrogens with one attached hydrogen (secondary N) is 1. The highest BCUT2D eigenvalue weighted by atomic mass is 32.1. The molecule has 0 aliphatic carbocycles. The fourth-order valence-electron chi connectivity index (χ4n) is 5.28. The minimum atomic E-state index is -0.324. The van der Waals surface area contributed by atoms with E-state index in [1.165, 1.54) is 16.3 Å². The monoisotopic (exact) mass is 724 g/mol. The number of ketones is 1. The van der Waals surface area contributed by atoms with Gasteiger partial charge in [-0.3, -0.25) is 33.9 Å². The number of aryl methyl sites for hydroxylation is 1. The third-order valence-electron chi connectivity index (χ3n) is 8.29. The molecule has 2 aromatic carbocycles. The van der Waals surface area contributed by atoms with Gasteiger partial charge in [-0.15, -0.1) is 0 Å². The SMILES string of the molecule is CCc1ccc(C(C)COc2ccc(Cc3sc(=O)n(Cc4ccc(C(=O)COc5ccc(Cc6sc(=O)[nH]c6O)cc5)nc4)c3O)cc2)nc1. The van der Waals surface area contributed by atoms with E-state index in [1.54, 1.807) is 36.4 Å². The molecule has 0 radical (unpaired) electrons. The lowest BCUT2D eigenvalue weighted by atomic mass is 10.1. The molecule has 0 spiro atoms. The van der Waals surface area contributed by atoms with E-state index in [2.05, 4.69) is 34.9 Å². The third kappa shape index (κ3) is 8.99. The summed E-state index contributed by atoms with van der Waals surface area (Å²) in [5.41, 5.74) is 4.84. The molecular formula is C38H36N4O7S2. The standard InChI is InChI=1S/C38H36N4O7S2/c1-3-24-8-14-30(39-18-24)23(2)21-48-28-10-6-26(7-11-28)17-34-36(45)42(38(47)51-34)20-27-9-15-31(40-19-27)32(43)22-49-29-12-4-25(5-13-29)16-33-35(44)41-37(46)50-33/h4-15,18-19,23,44-45H,3,16-17,20-22H2,1-2H3,(H,41,46). The Labute approximate surface area is 301 Å². The molecule has 0 aliphatic heterocycles. The Morgan fingerprint density at radius 1 is 0.804 bits per heavy atom. The molecule has 0 fully saturated rings. The summed E-state index contributed by atoms with van der Waals surface area (Å²) in [4.78, 5) is 48.6. The number of carbonyl (C=O) groups is 1. The number of hydrogen-bond donors (Lipinski definition) is 3. The molecule has 4 aromatic heterocycles. The highest BCUT2D eigenvalue weighted by Crippen LogP contribution is 2.26. The van der Waals surface area contributed by atoms with Crippen LogP contribution in [0, 0.1) is 0 Å². The Morgan fingerprint density at radius 2 is 1.43 bits per heavy atom. The number of aromatic amines is 1. The van der Waals surface area contributed by atoms with Gasteiger partial charge in [0.25, 0.3) is 0 Å². The van der Waals surface area contributed by atoms with Gasteiger partial charge in [-0.2, -0.15) is 0 Å². The minimum absolute atomic E-state index is 0.0963. The fourth-order valence-corrected chi connectivity index (χ4v) is 6.95. The molecule has 0 amide bonds. The van der Waals surface area contributed by atoms with Crippen molar-refractivity contribution in [2.75, 3.05) is 13.2 Å². The van der Waals surface area contributed by atoms with Crippen molar-refractivity contribution in [1.82, 2.24) is 19.5 Å². The summed E-state index contributed by atoms with van der Waals surface area (Å²) < 4.78 is 12.9. The van der Waals surface area contributed by atoms with Crippen LogP contribution < -0.4 is 19.2 Å². The summed E-state index contributed by atoms with van der Waals surface area (Å²) >= 11 is 1.95. The number of rotatable bonds is 15. The number of ether oxygens (including phenoxy) is 2. The Hall–Kier alpha value is -5.53. The van der Waals surface area contributed by atoms with Crippen LogP contribution in [-0.2, 0) is 25.8 Å². The second kappa shape index (κ2) is 16.0. The molecule has 51 heavy (non-hydrogen) atoms. The van der Waals surface area contributed by atoms with Crippen LogP contribution in [-0.4, -0.2) is 48.7 Å². The van der Waals surface area contributed by atoms with Gasteiger partial charge in [0.1, 0.15) is 17.2 Å². The van der Waals surface area contributed by atoms with Crippen LogP contribution in [0.25, 0.3) is 0 Å². The van der Waals surface area contributed by atoms with Crippen molar-refractivity contribution in [3.05, 3.63) is 148 Å². The number of nitrogens with zero attached hydrogens (tertiary/aromatic N) is 3. The Kier molecular flexibility index (Phi) is 11.1. The zero-order valence-electron chi connectivity index (χ0n) is 28.0. The van der Waals surface area contributed by atoms with Gasteiger partial charge >= 0.3 is 9.75 Å². The summed E-state index contributed by atoms with van der Waals surface area (Å²) in [6, 6.07) is 22.0. The highest BCUT2D eigenvalue weighted by molar-refractivity contribution is 7.09. The van der Waals surface area contributed by atoms with Crippen molar-refractivity contribution in [2.45, 2.75) is 45.6 Å². The van der Waals surface area contributed by atoms with Crippen molar-refractivity contribution in [2.24, 2.45) is 0 Å². The number of thiazole rings is 2. The molecule has 0 saturated heterocycles. The first-order valence-corrected chi connectivity index (χ1v) is 18.0. The van der Waals surface area contributed by atoms with E-state index in [-0.39, 0.29) is 52.1 Å². The fraction of sp³-hybridized carbons (Fsp3) is 0.237. The number of H-pyrrole nitrogens is 1. The molecule has 4 heterocycles. The summed E-state index contributed by atoms with van der Waals surface area (Å²) in [5, 5.41) is 20.7. The van der Waals surface area contributed by atoms with Gasteiger partial charge < -0.3 is 19.7 Å². The van der Waals surface area contributed by atoms with Gasteiger partial charge in [-0.05, 0) is 65.1 Å². The summed E-state index contributed by atoms with van der Waals surface area (Å²) in [6.07, 6.45) is 5.14. The first-order valence-electron chi connectivity index (χ1n) is 16.3. The maximum atomic E-state index is 12.8. The number of carbonyl (C=O) groups excluding carboxylic acids is 1. The molecule has 0 bridgehead atoms. The Balaban J connectivity index is 0.989. The second-order valence-corrected chi connectivity index (χ2v) is 14.2. The quantitative estimate of drug-likeness (QED) is 0.107.